The highest BCUT2D eigenvalue weighted by Gasteiger charge is 2.17. The lowest BCUT2D eigenvalue weighted by molar-refractivity contribution is 0.0754. The zero-order valence-electron chi connectivity index (χ0n) is 19.4. The van der Waals surface area contributed by atoms with Gasteiger partial charge in [-0.1, -0.05) is 29.3 Å². The van der Waals surface area contributed by atoms with Crippen LogP contribution < -0.4 is 20.5 Å². The van der Waals surface area contributed by atoms with Crippen molar-refractivity contribution in [2.24, 2.45) is 0 Å². The highest BCUT2D eigenvalue weighted by molar-refractivity contribution is 6.32. The Morgan fingerprint density at radius 3 is 2.68 bits per heavy atom. The van der Waals surface area contributed by atoms with Crippen molar-refractivity contribution in [2.75, 3.05) is 18.9 Å². The first-order valence-corrected chi connectivity index (χ1v) is 12.0. The average molecular weight is 548 g/mol. The number of aromatic amines is 1. The first-order valence-electron chi connectivity index (χ1n) is 11.3. The van der Waals surface area contributed by atoms with Crippen molar-refractivity contribution in [3.8, 4) is 17.2 Å². The Balaban J connectivity index is 1.43. The number of benzene rings is 3. The van der Waals surface area contributed by atoms with Gasteiger partial charge in [0.1, 0.15) is 17.2 Å². The minimum Gasteiger partial charge on any atom is -0.493 e. The fraction of sp³-hybridized carbons (Fsp3) is 0.192. The molecule has 6 N–H and O–H groups in total. The third-order valence-corrected chi connectivity index (χ3v) is 5.97. The van der Waals surface area contributed by atoms with Crippen LogP contribution in [0.1, 0.15) is 22.5 Å². The molecule has 0 aliphatic carbocycles. The molecular formula is C26H24Cl2FN3O5. The van der Waals surface area contributed by atoms with Gasteiger partial charge in [0.05, 0.1) is 24.3 Å². The molecule has 0 aliphatic heterocycles. The number of aliphatic hydroxyl groups excluding tert-OH is 2. The number of rotatable bonds is 10. The van der Waals surface area contributed by atoms with E-state index < -0.39 is 17.8 Å². The monoisotopic (exact) mass is 547 g/mol. The van der Waals surface area contributed by atoms with Crippen molar-refractivity contribution >= 4 is 45.7 Å². The lowest BCUT2D eigenvalue weighted by atomic mass is 10.2. The summed E-state index contributed by atoms with van der Waals surface area (Å²) in [6.45, 7) is -0.217. The number of carbonyl (C=O) groups excluding carboxylic acids is 1. The Kier molecular flexibility index (Phi) is 8.40. The number of nitrogen functional groups attached to an aromatic ring is 1. The summed E-state index contributed by atoms with van der Waals surface area (Å²) in [5.41, 5.74) is 7.27. The molecule has 194 valence electrons. The summed E-state index contributed by atoms with van der Waals surface area (Å²) in [5, 5.41) is 22.1. The fourth-order valence-electron chi connectivity index (χ4n) is 3.56. The second-order valence-electron chi connectivity index (χ2n) is 8.26. The van der Waals surface area contributed by atoms with Crippen molar-refractivity contribution in [1.82, 2.24) is 10.3 Å². The molecule has 8 nitrogen and oxygen atoms in total. The van der Waals surface area contributed by atoms with Gasteiger partial charge in [0, 0.05) is 46.2 Å². The van der Waals surface area contributed by atoms with Gasteiger partial charge < -0.3 is 35.7 Å². The molecule has 1 amide bonds. The minimum atomic E-state index is -0.838. The number of aromatic nitrogens is 1. The molecule has 0 fully saturated rings. The molecular weight excluding hydrogens is 524 g/mol. The number of aliphatic hydroxyl groups is 2. The molecule has 3 aromatic carbocycles. The van der Waals surface area contributed by atoms with Gasteiger partial charge in [-0.15, -0.1) is 0 Å². The predicted octanol–water partition coefficient (Wildman–Crippen LogP) is 5.04. The maximum absolute atomic E-state index is 15.2. The zero-order valence-corrected chi connectivity index (χ0v) is 20.9. The van der Waals surface area contributed by atoms with Gasteiger partial charge in [0.2, 0.25) is 0 Å². The number of ether oxygens (including phenoxy) is 2. The summed E-state index contributed by atoms with van der Waals surface area (Å²) in [7, 11) is 0. The molecule has 1 atom stereocenters. The van der Waals surface area contributed by atoms with Gasteiger partial charge in [0.15, 0.2) is 11.6 Å². The van der Waals surface area contributed by atoms with Crippen molar-refractivity contribution in [2.45, 2.75) is 19.1 Å². The third kappa shape index (κ3) is 6.64. The fourth-order valence-corrected chi connectivity index (χ4v) is 3.98. The Bertz CT molecular complexity index is 1410. The van der Waals surface area contributed by atoms with Crippen LogP contribution in [0, 0.1) is 5.82 Å². The molecule has 0 unspecified atom stereocenters. The maximum atomic E-state index is 15.2. The van der Waals surface area contributed by atoms with Crippen LogP contribution in [0.5, 0.6) is 17.2 Å². The van der Waals surface area contributed by atoms with E-state index in [-0.39, 0.29) is 54.0 Å². The summed E-state index contributed by atoms with van der Waals surface area (Å²) in [5.74, 6) is -0.598. The van der Waals surface area contributed by atoms with Crippen LogP contribution in [0.15, 0.2) is 54.6 Å². The Hall–Kier alpha value is -3.50. The van der Waals surface area contributed by atoms with Crippen LogP contribution in [0.3, 0.4) is 0 Å². The third-order valence-electron chi connectivity index (χ3n) is 5.45. The average Bonchev–Trinajstić information content (AvgIpc) is 3.29. The summed E-state index contributed by atoms with van der Waals surface area (Å²) < 4.78 is 26.4. The molecule has 0 spiro atoms. The zero-order chi connectivity index (χ0) is 26.5. The number of amides is 1. The van der Waals surface area contributed by atoms with Crippen LogP contribution in [-0.4, -0.2) is 40.4 Å². The molecule has 0 saturated carbocycles. The number of halogens is 3. The van der Waals surface area contributed by atoms with Gasteiger partial charge in [-0.2, -0.15) is 0 Å². The maximum Gasteiger partial charge on any atom is 0.267 e. The Labute approximate surface area is 221 Å². The van der Waals surface area contributed by atoms with E-state index in [1.165, 1.54) is 30.3 Å². The van der Waals surface area contributed by atoms with E-state index in [4.69, 9.17) is 43.5 Å². The summed E-state index contributed by atoms with van der Waals surface area (Å²) in [6.07, 6.45) is -0.550. The molecule has 0 aliphatic rings. The number of hydrogen-bond acceptors (Lipinski definition) is 6. The number of nitrogens with one attached hydrogen (secondary N) is 2. The van der Waals surface area contributed by atoms with Gasteiger partial charge in [-0.3, -0.25) is 4.79 Å². The molecule has 4 aromatic rings. The van der Waals surface area contributed by atoms with Gasteiger partial charge in [-0.05, 0) is 42.5 Å². The van der Waals surface area contributed by atoms with Crippen LogP contribution in [-0.2, 0) is 6.54 Å². The Morgan fingerprint density at radius 1 is 1.11 bits per heavy atom. The van der Waals surface area contributed by atoms with E-state index in [1.54, 1.807) is 24.3 Å². The van der Waals surface area contributed by atoms with Gasteiger partial charge in [-0.25, -0.2) is 4.39 Å². The smallest absolute Gasteiger partial charge is 0.267 e. The number of anilines is 1. The molecule has 1 heterocycles. The first-order chi connectivity index (χ1) is 17.7. The predicted molar refractivity (Wildman–Crippen MR) is 140 cm³/mol. The van der Waals surface area contributed by atoms with E-state index in [9.17, 15) is 9.90 Å². The molecule has 0 saturated heterocycles. The molecule has 11 heteroatoms. The number of H-pyrrole nitrogens is 1. The number of hydrogen-bond donors (Lipinski definition) is 5. The summed E-state index contributed by atoms with van der Waals surface area (Å²) in [4.78, 5) is 15.8. The number of nitrogens with two attached hydrogens (primary N) is 1. The topological polar surface area (TPSA) is 130 Å². The number of fused-ring (bicyclic) bond motifs is 1. The van der Waals surface area contributed by atoms with Gasteiger partial charge >= 0.3 is 0 Å². The van der Waals surface area contributed by atoms with E-state index in [0.717, 1.165) is 5.39 Å². The van der Waals surface area contributed by atoms with E-state index in [2.05, 4.69) is 10.3 Å². The minimum absolute atomic E-state index is 0.0469. The molecule has 37 heavy (non-hydrogen) atoms. The van der Waals surface area contributed by atoms with E-state index >= 15 is 4.39 Å². The second-order valence-corrected chi connectivity index (χ2v) is 9.10. The van der Waals surface area contributed by atoms with Crippen molar-refractivity contribution in [3.05, 3.63) is 81.7 Å². The number of carbonyl (C=O) groups is 1. The SMILES string of the molecule is Nc1cc(Cl)cc(Oc2c(Cl)ccc(CNC(=O)c3cc4cc(OCC[C@H](O)CO)ccc4[nH]3)c2F)c1. The molecule has 1 aromatic heterocycles. The summed E-state index contributed by atoms with van der Waals surface area (Å²) in [6, 6.07) is 14.3. The normalized spacial score (nSPS) is 11.9. The first kappa shape index (κ1) is 26.6. The van der Waals surface area contributed by atoms with Crippen molar-refractivity contribution in [3.63, 3.8) is 0 Å². The van der Waals surface area contributed by atoms with Crippen LogP contribution in [0.25, 0.3) is 10.9 Å². The van der Waals surface area contributed by atoms with Crippen molar-refractivity contribution < 1.29 is 28.9 Å². The molecule has 4 rings (SSSR count). The van der Waals surface area contributed by atoms with Gasteiger partial charge in [0.25, 0.3) is 5.91 Å². The lowest BCUT2D eigenvalue weighted by Gasteiger charge is -2.13. The van der Waals surface area contributed by atoms with Crippen LogP contribution >= 0.6 is 23.2 Å². The van der Waals surface area contributed by atoms with Crippen LogP contribution in [0.2, 0.25) is 10.0 Å². The molecule has 0 bridgehead atoms. The van der Waals surface area contributed by atoms with Crippen LogP contribution in [0.4, 0.5) is 10.1 Å². The van der Waals surface area contributed by atoms with E-state index in [0.29, 0.717) is 22.0 Å². The summed E-state index contributed by atoms with van der Waals surface area (Å²) >= 11 is 12.1. The van der Waals surface area contributed by atoms with Crippen molar-refractivity contribution in [1.29, 1.82) is 0 Å². The standard InChI is InChI=1S/C26H24Cl2FN3O5/c27-16-9-17(30)11-20(10-16)37-25-21(28)3-1-14(24(25)29)12-31-26(35)23-8-15-7-19(2-4-22(15)32-23)36-6-5-18(34)13-33/h1-4,7-11,18,32-34H,5-6,12-13,30H2,(H,31,35)/t18-/m0/s1. The quantitative estimate of drug-likeness (QED) is 0.177. The molecule has 0 radical (unpaired) electrons. The largest absolute Gasteiger partial charge is 0.493 e. The second kappa shape index (κ2) is 11.7. The van der Waals surface area contributed by atoms with E-state index in [1.807, 2.05) is 0 Å². The highest BCUT2D eigenvalue weighted by atomic mass is 35.5. The Morgan fingerprint density at radius 2 is 1.92 bits per heavy atom. The highest BCUT2D eigenvalue weighted by Crippen LogP contribution is 2.35. The lowest BCUT2D eigenvalue weighted by Crippen LogP contribution is -2.23.